The van der Waals surface area contributed by atoms with Gasteiger partial charge in [0.1, 0.15) is 23.0 Å². The van der Waals surface area contributed by atoms with Gasteiger partial charge in [-0.3, -0.25) is 9.59 Å². The summed E-state index contributed by atoms with van der Waals surface area (Å²) < 4.78 is 25.6. The molecule has 2 amide bonds. The first-order valence-corrected chi connectivity index (χ1v) is 7.56. The summed E-state index contributed by atoms with van der Waals surface area (Å²) in [4.78, 5) is 31.3. The molecule has 0 saturated heterocycles. The molecule has 0 spiro atoms. The van der Waals surface area contributed by atoms with Crippen LogP contribution in [0.15, 0.2) is 36.7 Å². The molecule has 0 atom stereocenters. The van der Waals surface area contributed by atoms with Gasteiger partial charge in [0.15, 0.2) is 0 Å². The number of hydrogen-bond donors (Lipinski definition) is 2. The van der Waals surface area contributed by atoms with E-state index in [0.717, 1.165) is 24.5 Å². The van der Waals surface area contributed by atoms with Gasteiger partial charge in [0, 0.05) is 13.1 Å². The third kappa shape index (κ3) is 5.59. The Kier molecular flexibility index (Phi) is 5.74. The van der Waals surface area contributed by atoms with E-state index in [0.29, 0.717) is 0 Å². The highest BCUT2D eigenvalue weighted by Crippen LogP contribution is 2.12. The number of nitrogens with zero attached hydrogens (tertiary/aromatic N) is 2. The minimum Gasteiger partial charge on any atom is -0.350 e. The molecule has 6 nitrogen and oxygen atoms in total. The fraction of sp³-hybridized carbons (Fsp3) is 0.294. The van der Waals surface area contributed by atoms with Crippen LogP contribution in [0, 0.1) is 17.0 Å². The number of pyridine rings is 2. The van der Waals surface area contributed by atoms with Crippen LogP contribution in [0.25, 0.3) is 0 Å². The van der Waals surface area contributed by atoms with E-state index in [1.54, 1.807) is 0 Å². The number of halogens is 2. The van der Waals surface area contributed by atoms with Gasteiger partial charge in [0.2, 0.25) is 0 Å². The maximum atomic E-state index is 12.8. The summed E-state index contributed by atoms with van der Waals surface area (Å²) in [5.74, 6) is -1.90. The number of carbonyl (C=O) groups is 2. The van der Waals surface area contributed by atoms with Crippen molar-refractivity contribution < 1.29 is 18.4 Å². The smallest absolute Gasteiger partial charge is 0.269 e. The molecule has 0 aliphatic carbocycles. The molecule has 0 radical (unpaired) electrons. The van der Waals surface area contributed by atoms with E-state index >= 15 is 0 Å². The molecule has 8 heteroatoms. The number of amides is 2. The predicted octanol–water partition coefficient (Wildman–Crippen LogP) is 1.94. The first-order chi connectivity index (χ1) is 11.8. The number of aromatic nitrogens is 2. The summed E-state index contributed by atoms with van der Waals surface area (Å²) in [6.45, 7) is 4.23. The van der Waals surface area contributed by atoms with Gasteiger partial charge in [-0.05, 0) is 29.7 Å². The van der Waals surface area contributed by atoms with E-state index in [1.165, 1.54) is 12.1 Å². The van der Waals surface area contributed by atoms with Gasteiger partial charge in [-0.25, -0.2) is 18.7 Å². The van der Waals surface area contributed by atoms with Crippen molar-refractivity contribution in [2.45, 2.75) is 13.8 Å². The minimum absolute atomic E-state index is 0.108. The highest BCUT2D eigenvalue weighted by Gasteiger charge is 2.21. The number of nitrogens with one attached hydrogen (secondary N) is 2. The molecule has 2 aromatic heterocycles. The third-order valence-corrected chi connectivity index (χ3v) is 3.38. The van der Waals surface area contributed by atoms with Crippen LogP contribution < -0.4 is 10.6 Å². The third-order valence-electron chi connectivity index (χ3n) is 3.38. The van der Waals surface area contributed by atoms with Crippen molar-refractivity contribution in [2.24, 2.45) is 5.41 Å². The van der Waals surface area contributed by atoms with Gasteiger partial charge < -0.3 is 10.6 Å². The average Bonchev–Trinajstić information content (AvgIpc) is 2.59. The molecule has 2 rings (SSSR count). The first kappa shape index (κ1) is 18.4. The van der Waals surface area contributed by atoms with Gasteiger partial charge in [-0.1, -0.05) is 13.8 Å². The molecule has 0 fully saturated rings. The Balaban J connectivity index is 1.84. The molecule has 0 bridgehead atoms. The fourth-order valence-corrected chi connectivity index (χ4v) is 1.90. The van der Waals surface area contributed by atoms with Gasteiger partial charge in [0.05, 0.1) is 12.4 Å². The largest absolute Gasteiger partial charge is 0.350 e. The molecule has 2 heterocycles. The van der Waals surface area contributed by atoms with Gasteiger partial charge in [-0.15, -0.1) is 0 Å². The highest BCUT2D eigenvalue weighted by atomic mass is 19.1. The van der Waals surface area contributed by atoms with Crippen LogP contribution in [0.5, 0.6) is 0 Å². The van der Waals surface area contributed by atoms with Crippen molar-refractivity contribution in [1.29, 1.82) is 0 Å². The fourth-order valence-electron chi connectivity index (χ4n) is 1.90. The second-order valence-electron chi connectivity index (χ2n) is 6.25. The Labute approximate surface area is 143 Å². The molecule has 2 N–H and O–H groups in total. The normalized spacial score (nSPS) is 11.0. The van der Waals surface area contributed by atoms with E-state index in [1.807, 2.05) is 13.8 Å². The van der Waals surface area contributed by atoms with Crippen molar-refractivity contribution in [3.05, 3.63) is 59.7 Å². The average molecular weight is 348 g/mol. The predicted molar refractivity (Wildman–Crippen MR) is 86.8 cm³/mol. The van der Waals surface area contributed by atoms with Crippen molar-refractivity contribution in [1.82, 2.24) is 20.6 Å². The molecule has 0 aliphatic rings. The lowest BCUT2D eigenvalue weighted by molar-refractivity contribution is 0.0914. The Hall–Kier alpha value is -2.90. The number of hydrogen-bond acceptors (Lipinski definition) is 4. The summed E-state index contributed by atoms with van der Waals surface area (Å²) in [7, 11) is 0. The quantitative estimate of drug-likeness (QED) is 0.836. The molecule has 25 heavy (non-hydrogen) atoms. The highest BCUT2D eigenvalue weighted by molar-refractivity contribution is 5.92. The zero-order chi connectivity index (χ0) is 18.4. The van der Waals surface area contributed by atoms with Crippen LogP contribution in [-0.4, -0.2) is 34.9 Å². The van der Waals surface area contributed by atoms with Crippen LogP contribution in [0.4, 0.5) is 8.78 Å². The standard InChI is InChI=1S/C17H18F2N4O2/c1-17(2,9-22-15(24)13-5-3-11(18)7-20-13)10-23-16(25)14-6-4-12(19)8-21-14/h3-8H,9-10H2,1-2H3,(H,22,24)(H,23,25). The van der Waals surface area contributed by atoms with Crippen LogP contribution in [0.2, 0.25) is 0 Å². The van der Waals surface area contributed by atoms with Gasteiger partial charge in [-0.2, -0.15) is 0 Å². The molecular weight excluding hydrogens is 330 g/mol. The topological polar surface area (TPSA) is 84.0 Å². The van der Waals surface area contributed by atoms with Crippen molar-refractivity contribution in [3.8, 4) is 0 Å². The van der Waals surface area contributed by atoms with E-state index in [4.69, 9.17) is 0 Å². The van der Waals surface area contributed by atoms with Gasteiger partial charge in [0.25, 0.3) is 11.8 Å². The first-order valence-electron chi connectivity index (χ1n) is 7.56. The number of rotatable bonds is 6. The van der Waals surface area contributed by atoms with E-state index in [9.17, 15) is 18.4 Å². The summed E-state index contributed by atoms with van der Waals surface area (Å²) in [5.41, 5.74) is -0.237. The molecule has 0 aliphatic heterocycles. The van der Waals surface area contributed by atoms with Crippen molar-refractivity contribution in [2.75, 3.05) is 13.1 Å². The van der Waals surface area contributed by atoms with E-state index < -0.39 is 28.9 Å². The van der Waals surface area contributed by atoms with E-state index in [-0.39, 0.29) is 24.5 Å². The maximum Gasteiger partial charge on any atom is 0.269 e. The Morgan fingerprint density at radius 3 is 1.60 bits per heavy atom. The molecular formula is C17H18F2N4O2. The lowest BCUT2D eigenvalue weighted by Gasteiger charge is -2.25. The van der Waals surface area contributed by atoms with Crippen LogP contribution >= 0.6 is 0 Å². The van der Waals surface area contributed by atoms with Crippen LogP contribution in [-0.2, 0) is 0 Å². The Morgan fingerprint density at radius 1 is 0.880 bits per heavy atom. The van der Waals surface area contributed by atoms with Crippen LogP contribution in [0.1, 0.15) is 34.8 Å². The maximum absolute atomic E-state index is 12.8. The number of carbonyl (C=O) groups excluding carboxylic acids is 2. The van der Waals surface area contributed by atoms with E-state index in [2.05, 4.69) is 20.6 Å². The van der Waals surface area contributed by atoms with Crippen molar-refractivity contribution in [3.63, 3.8) is 0 Å². The van der Waals surface area contributed by atoms with Crippen LogP contribution in [0.3, 0.4) is 0 Å². The minimum atomic E-state index is -0.519. The SMILES string of the molecule is CC(C)(CNC(=O)c1ccc(F)cn1)CNC(=O)c1ccc(F)cn1. The second-order valence-corrected chi connectivity index (χ2v) is 6.25. The lowest BCUT2D eigenvalue weighted by atomic mass is 9.93. The monoisotopic (exact) mass is 348 g/mol. The van der Waals surface area contributed by atoms with Gasteiger partial charge >= 0.3 is 0 Å². The Morgan fingerprint density at radius 2 is 1.28 bits per heavy atom. The zero-order valence-corrected chi connectivity index (χ0v) is 13.8. The van der Waals surface area contributed by atoms with Crippen molar-refractivity contribution >= 4 is 11.8 Å². The summed E-state index contributed by atoms with van der Waals surface area (Å²) in [5, 5.41) is 5.38. The molecule has 0 saturated carbocycles. The molecule has 0 unspecified atom stereocenters. The summed E-state index contributed by atoms with van der Waals surface area (Å²) in [6.07, 6.45) is 1.94. The molecule has 2 aromatic rings. The summed E-state index contributed by atoms with van der Waals surface area (Å²) in [6, 6.07) is 4.89. The summed E-state index contributed by atoms with van der Waals surface area (Å²) >= 11 is 0. The zero-order valence-electron chi connectivity index (χ0n) is 13.8. The molecule has 0 aromatic carbocycles. The lowest BCUT2D eigenvalue weighted by Crippen LogP contribution is -2.42. The molecule has 132 valence electrons. The Bertz CT molecular complexity index is 683. The second kappa shape index (κ2) is 7.78.